The molecule has 0 aliphatic heterocycles. The normalized spacial score (nSPS) is 9.77. The lowest BCUT2D eigenvalue weighted by Crippen LogP contribution is -2.29. The maximum atomic E-state index is 11.9. The smallest absolute Gasteiger partial charge is 0.314 e. The van der Waals surface area contributed by atoms with Gasteiger partial charge in [0.1, 0.15) is 0 Å². The van der Waals surface area contributed by atoms with Crippen LogP contribution in [0.2, 0.25) is 0 Å². The van der Waals surface area contributed by atoms with E-state index in [2.05, 4.69) is 21.3 Å². The van der Waals surface area contributed by atoms with Crippen molar-refractivity contribution in [3.05, 3.63) is 48.5 Å². The molecule has 0 unspecified atom stereocenters. The van der Waals surface area contributed by atoms with Gasteiger partial charge in [-0.05, 0) is 48.5 Å². The Morgan fingerprint density at radius 1 is 0.500 bits per heavy atom. The number of benzene rings is 2. The predicted octanol–water partition coefficient (Wildman–Crippen LogP) is 2.18. The van der Waals surface area contributed by atoms with Gasteiger partial charge in [0.25, 0.3) is 0 Å². The molecular formula is C18H18N4O4. The monoisotopic (exact) mass is 354 g/mol. The summed E-state index contributed by atoms with van der Waals surface area (Å²) in [5.74, 6) is -2.07. The lowest BCUT2D eigenvalue weighted by molar-refractivity contribution is -0.132. The molecule has 8 nitrogen and oxygen atoms in total. The van der Waals surface area contributed by atoms with Crippen molar-refractivity contribution < 1.29 is 19.2 Å². The van der Waals surface area contributed by atoms with Crippen LogP contribution in [-0.4, -0.2) is 23.6 Å². The number of carbonyl (C=O) groups is 4. The summed E-state index contributed by atoms with van der Waals surface area (Å²) in [7, 11) is 0. The number of rotatable bonds is 4. The highest BCUT2D eigenvalue weighted by molar-refractivity contribution is 6.43. The molecule has 0 atom stereocenters. The van der Waals surface area contributed by atoms with Crippen molar-refractivity contribution >= 4 is 46.4 Å². The van der Waals surface area contributed by atoms with Crippen LogP contribution in [0.3, 0.4) is 0 Å². The molecule has 0 aliphatic carbocycles. The van der Waals surface area contributed by atoms with E-state index in [0.717, 1.165) is 0 Å². The number of hydrogen-bond acceptors (Lipinski definition) is 4. The largest absolute Gasteiger partial charge is 0.326 e. The molecule has 0 fully saturated rings. The van der Waals surface area contributed by atoms with Crippen molar-refractivity contribution in [1.82, 2.24) is 0 Å². The molecule has 0 heterocycles. The van der Waals surface area contributed by atoms with Gasteiger partial charge in [-0.3, -0.25) is 19.2 Å². The molecule has 4 N–H and O–H groups in total. The zero-order chi connectivity index (χ0) is 19.1. The molecule has 0 spiro atoms. The standard InChI is InChI=1S/C18H18N4O4/c1-11(23)19-13-3-7-15(8-4-13)21-17(25)18(26)22-16-9-5-14(6-10-16)20-12(2)24/h3-10H,1-2H3,(H,19,23)(H,20,24)(H,21,25)(H,22,26). The van der Waals surface area contributed by atoms with Crippen LogP contribution in [0.1, 0.15) is 13.8 Å². The molecule has 0 saturated heterocycles. The summed E-state index contributed by atoms with van der Waals surface area (Å²) < 4.78 is 0. The van der Waals surface area contributed by atoms with Crippen molar-refractivity contribution in [1.29, 1.82) is 0 Å². The molecule has 0 aromatic heterocycles. The van der Waals surface area contributed by atoms with Gasteiger partial charge in [-0.2, -0.15) is 0 Å². The Balaban J connectivity index is 1.91. The quantitative estimate of drug-likeness (QED) is 0.630. The fourth-order valence-corrected chi connectivity index (χ4v) is 2.06. The molecule has 8 heteroatoms. The molecule has 26 heavy (non-hydrogen) atoms. The lowest BCUT2D eigenvalue weighted by atomic mass is 10.2. The van der Waals surface area contributed by atoms with E-state index >= 15 is 0 Å². The van der Waals surface area contributed by atoms with Crippen molar-refractivity contribution in [2.45, 2.75) is 13.8 Å². The zero-order valence-electron chi connectivity index (χ0n) is 14.3. The summed E-state index contributed by atoms with van der Waals surface area (Å²) in [6.45, 7) is 2.78. The van der Waals surface area contributed by atoms with Crippen molar-refractivity contribution in [2.75, 3.05) is 21.3 Å². The maximum Gasteiger partial charge on any atom is 0.314 e. The Bertz CT molecular complexity index is 758. The zero-order valence-corrected chi connectivity index (χ0v) is 14.3. The van der Waals surface area contributed by atoms with Crippen LogP contribution in [0.5, 0.6) is 0 Å². The van der Waals surface area contributed by atoms with Gasteiger partial charge in [-0.15, -0.1) is 0 Å². The average molecular weight is 354 g/mol. The first-order valence-corrected chi connectivity index (χ1v) is 7.71. The summed E-state index contributed by atoms with van der Waals surface area (Å²) in [6, 6.07) is 12.7. The average Bonchev–Trinajstić information content (AvgIpc) is 2.57. The number of nitrogens with one attached hydrogen (secondary N) is 4. The second kappa shape index (κ2) is 8.43. The third-order valence-corrected chi connectivity index (χ3v) is 3.13. The Labute approximate surface area is 150 Å². The fraction of sp³-hybridized carbons (Fsp3) is 0.111. The van der Waals surface area contributed by atoms with Gasteiger partial charge >= 0.3 is 11.8 Å². The molecule has 0 aliphatic rings. The minimum absolute atomic E-state index is 0.203. The third kappa shape index (κ3) is 5.75. The van der Waals surface area contributed by atoms with Crippen molar-refractivity contribution in [3.63, 3.8) is 0 Å². The summed E-state index contributed by atoms with van der Waals surface area (Å²) in [5, 5.41) is 10.1. The molecule has 0 saturated carbocycles. The molecule has 134 valence electrons. The minimum atomic E-state index is -0.830. The van der Waals surface area contributed by atoms with Gasteiger partial charge in [-0.1, -0.05) is 0 Å². The number of anilines is 4. The van der Waals surface area contributed by atoms with Crippen LogP contribution in [0, 0.1) is 0 Å². The molecule has 4 amide bonds. The van der Waals surface area contributed by atoms with Crippen LogP contribution >= 0.6 is 0 Å². The van der Waals surface area contributed by atoms with E-state index in [-0.39, 0.29) is 11.8 Å². The van der Waals surface area contributed by atoms with Crippen molar-refractivity contribution in [3.8, 4) is 0 Å². The summed E-state index contributed by atoms with van der Waals surface area (Å²) in [4.78, 5) is 45.8. The SMILES string of the molecule is CC(=O)Nc1ccc(NC(=O)C(=O)Nc2ccc(NC(C)=O)cc2)cc1. The Kier molecular flexibility index (Phi) is 6.05. The predicted molar refractivity (Wildman–Crippen MR) is 98.8 cm³/mol. The Morgan fingerprint density at radius 2 is 0.731 bits per heavy atom. The number of amides is 4. The van der Waals surface area contributed by atoms with Gasteiger partial charge < -0.3 is 21.3 Å². The van der Waals surface area contributed by atoms with E-state index in [1.54, 1.807) is 48.5 Å². The molecule has 0 bridgehead atoms. The van der Waals surface area contributed by atoms with Gasteiger partial charge in [0.2, 0.25) is 11.8 Å². The van der Waals surface area contributed by atoms with Gasteiger partial charge in [-0.25, -0.2) is 0 Å². The molecule has 0 radical (unpaired) electrons. The topological polar surface area (TPSA) is 116 Å². The first-order chi connectivity index (χ1) is 12.3. The maximum absolute atomic E-state index is 11.9. The van der Waals surface area contributed by atoms with Crippen LogP contribution in [0.25, 0.3) is 0 Å². The molecule has 2 rings (SSSR count). The van der Waals surface area contributed by atoms with E-state index < -0.39 is 11.8 Å². The molecule has 2 aromatic rings. The lowest BCUT2D eigenvalue weighted by Gasteiger charge is -2.08. The van der Waals surface area contributed by atoms with E-state index in [1.807, 2.05) is 0 Å². The van der Waals surface area contributed by atoms with Crippen LogP contribution < -0.4 is 21.3 Å². The highest BCUT2D eigenvalue weighted by atomic mass is 16.2. The van der Waals surface area contributed by atoms with Gasteiger partial charge in [0, 0.05) is 36.6 Å². The summed E-state index contributed by atoms with van der Waals surface area (Å²) in [6.07, 6.45) is 0. The third-order valence-electron chi connectivity index (χ3n) is 3.13. The number of carbonyl (C=O) groups excluding carboxylic acids is 4. The second-order valence-electron chi connectivity index (χ2n) is 5.43. The Hall–Kier alpha value is -3.68. The number of hydrogen-bond donors (Lipinski definition) is 4. The Morgan fingerprint density at radius 3 is 0.962 bits per heavy atom. The van der Waals surface area contributed by atoms with E-state index in [0.29, 0.717) is 22.7 Å². The van der Waals surface area contributed by atoms with Crippen LogP contribution in [-0.2, 0) is 19.2 Å². The highest BCUT2D eigenvalue weighted by Gasteiger charge is 2.14. The second-order valence-corrected chi connectivity index (χ2v) is 5.43. The van der Waals surface area contributed by atoms with Gasteiger partial charge in [0.15, 0.2) is 0 Å². The summed E-state index contributed by atoms with van der Waals surface area (Å²) >= 11 is 0. The molecule has 2 aromatic carbocycles. The minimum Gasteiger partial charge on any atom is -0.326 e. The summed E-state index contributed by atoms with van der Waals surface area (Å²) in [5.41, 5.74) is 2.00. The van der Waals surface area contributed by atoms with Gasteiger partial charge in [0.05, 0.1) is 0 Å². The van der Waals surface area contributed by atoms with Crippen molar-refractivity contribution in [2.24, 2.45) is 0 Å². The van der Waals surface area contributed by atoms with Crippen LogP contribution in [0.15, 0.2) is 48.5 Å². The highest BCUT2D eigenvalue weighted by Crippen LogP contribution is 2.15. The first kappa shape index (κ1) is 18.7. The fourth-order valence-electron chi connectivity index (χ4n) is 2.06. The van der Waals surface area contributed by atoms with E-state index in [4.69, 9.17) is 0 Å². The van der Waals surface area contributed by atoms with Crippen LogP contribution in [0.4, 0.5) is 22.7 Å². The molecular weight excluding hydrogens is 336 g/mol. The van der Waals surface area contributed by atoms with E-state index in [1.165, 1.54) is 13.8 Å². The first-order valence-electron chi connectivity index (χ1n) is 7.71. The van der Waals surface area contributed by atoms with E-state index in [9.17, 15) is 19.2 Å².